The van der Waals surface area contributed by atoms with Crippen LogP contribution in [0.1, 0.15) is 42.7 Å². The van der Waals surface area contributed by atoms with Crippen molar-refractivity contribution in [2.45, 2.75) is 32.2 Å². The topological polar surface area (TPSA) is 46.2 Å². The number of ketones is 1. The first-order valence-electron chi connectivity index (χ1n) is 5.47. The highest BCUT2D eigenvalue weighted by Gasteiger charge is 2.13. The van der Waals surface area contributed by atoms with E-state index < -0.39 is 5.38 Å². The molecule has 0 saturated heterocycles. The highest BCUT2D eigenvalue weighted by molar-refractivity contribution is 6.33. The van der Waals surface area contributed by atoms with Gasteiger partial charge in [-0.3, -0.25) is 9.59 Å². The van der Waals surface area contributed by atoms with E-state index in [-0.39, 0.29) is 17.7 Å². The highest BCUT2D eigenvalue weighted by atomic mass is 35.5. The van der Waals surface area contributed by atoms with E-state index in [2.05, 4.69) is 5.32 Å². The summed E-state index contributed by atoms with van der Waals surface area (Å²) >= 11 is 5.73. The zero-order chi connectivity index (χ0) is 13.0. The summed E-state index contributed by atoms with van der Waals surface area (Å²) in [5, 5.41) is 2.26. The second-order valence-corrected chi connectivity index (χ2v) is 4.68. The van der Waals surface area contributed by atoms with Crippen molar-refractivity contribution in [2.24, 2.45) is 0 Å². The van der Waals surface area contributed by atoms with Gasteiger partial charge in [0.15, 0.2) is 5.78 Å². The summed E-state index contributed by atoms with van der Waals surface area (Å²) in [6.07, 6.45) is 0. The number of carbonyl (C=O) groups excluding carboxylic acids is 2. The molecule has 1 aromatic carbocycles. The third-order valence-electron chi connectivity index (χ3n) is 2.48. The van der Waals surface area contributed by atoms with E-state index in [0.717, 1.165) is 5.56 Å². The second-order valence-electron chi connectivity index (χ2n) is 4.02. The van der Waals surface area contributed by atoms with Gasteiger partial charge in [-0.05, 0) is 19.4 Å². The van der Waals surface area contributed by atoms with E-state index in [1.165, 1.54) is 6.92 Å². The summed E-state index contributed by atoms with van der Waals surface area (Å²) in [6, 6.07) is 7.05. The van der Waals surface area contributed by atoms with Gasteiger partial charge >= 0.3 is 0 Å². The molecular formula is C13H16ClNO2. The fraction of sp³-hybridized carbons (Fsp3) is 0.385. The highest BCUT2D eigenvalue weighted by Crippen LogP contribution is 2.15. The normalized spacial score (nSPS) is 13.9. The van der Waals surface area contributed by atoms with Crippen LogP contribution in [0.2, 0.25) is 0 Å². The van der Waals surface area contributed by atoms with E-state index in [1.54, 1.807) is 19.1 Å². The number of Topliss-reactive ketones (excluding diaryl/α,β-unsaturated/α-hetero) is 1. The average molecular weight is 254 g/mol. The summed E-state index contributed by atoms with van der Waals surface area (Å²) in [7, 11) is 0. The molecule has 0 aromatic heterocycles. The van der Waals surface area contributed by atoms with E-state index >= 15 is 0 Å². The molecule has 0 unspecified atom stereocenters. The summed E-state index contributed by atoms with van der Waals surface area (Å²) in [5.41, 5.74) is 1.55. The van der Waals surface area contributed by atoms with E-state index in [0.29, 0.717) is 5.56 Å². The molecule has 1 aromatic rings. The molecule has 0 aliphatic heterocycles. The fourth-order valence-electron chi connectivity index (χ4n) is 1.55. The number of hydrogen-bond donors (Lipinski definition) is 1. The van der Waals surface area contributed by atoms with Crippen LogP contribution in [-0.4, -0.2) is 17.1 Å². The van der Waals surface area contributed by atoms with Crippen molar-refractivity contribution in [3.05, 3.63) is 35.4 Å². The maximum absolute atomic E-state index is 11.6. The molecule has 0 spiro atoms. The van der Waals surface area contributed by atoms with Gasteiger partial charge in [0.05, 0.1) is 11.4 Å². The predicted molar refractivity (Wildman–Crippen MR) is 68.3 cm³/mol. The lowest BCUT2D eigenvalue weighted by Gasteiger charge is -2.13. The number of rotatable bonds is 4. The number of amides is 1. The molecule has 1 N–H and O–H groups in total. The molecule has 4 heteroatoms. The van der Waals surface area contributed by atoms with Gasteiger partial charge in [-0.2, -0.15) is 0 Å². The van der Waals surface area contributed by atoms with Gasteiger partial charge in [0.1, 0.15) is 0 Å². The Morgan fingerprint density at radius 3 is 2.12 bits per heavy atom. The molecule has 0 saturated carbocycles. The van der Waals surface area contributed by atoms with Crippen LogP contribution >= 0.6 is 11.6 Å². The zero-order valence-electron chi connectivity index (χ0n) is 10.2. The van der Waals surface area contributed by atoms with Crippen LogP contribution in [0.25, 0.3) is 0 Å². The Balaban J connectivity index is 2.81. The van der Waals surface area contributed by atoms with Crippen LogP contribution in [0, 0.1) is 0 Å². The van der Waals surface area contributed by atoms with Crippen LogP contribution in [-0.2, 0) is 4.79 Å². The van der Waals surface area contributed by atoms with Crippen molar-refractivity contribution in [3.63, 3.8) is 0 Å². The number of carbonyl (C=O) groups is 2. The summed E-state index contributed by atoms with van der Waals surface area (Å²) in [4.78, 5) is 22.5. The molecule has 0 fully saturated rings. The van der Waals surface area contributed by atoms with Gasteiger partial charge in [0, 0.05) is 12.5 Å². The Labute approximate surface area is 106 Å². The number of hydrogen-bond acceptors (Lipinski definition) is 2. The smallest absolute Gasteiger partial charge is 0.217 e. The molecule has 2 atom stereocenters. The lowest BCUT2D eigenvalue weighted by atomic mass is 10.0. The molecule has 1 amide bonds. The molecule has 0 radical (unpaired) electrons. The fourth-order valence-corrected chi connectivity index (χ4v) is 1.68. The Hall–Kier alpha value is -1.35. The standard InChI is InChI=1S/C13H16ClNO2/c1-8(14)13(17)12-6-4-11(5-7-12)9(2)15-10(3)16/h4-9H,1-3H3,(H,15,16)/t8-,9+/m1/s1. The summed E-state index contributed by atoms with van der Waals surface area (Å²) < 4.78 is 0. The molecule has 0 bridgehead atoms. The number of nitrogens with one attached hydrogen (secondary N) is 1. The first-order chi connectivity index (χ1) is 7.91. The third-order valence-corrected chi connectivity index (χ3v) is 2.67. The SMILES string of the molecule is CC(=O)N[C@@H](C)c1ccc(C(=O)[C@@H](C)Cl)cc1. The maximum Gasteiger partial charge on any atom is 0.217 e. The predicted octanol–water partition coefficient (Wildman–Crippen LogP) is 2.69. The lowest BCUT2D eigenvalue weighted by molar-refractivity contribution is -0.119. The lowest BCUT2D eigenvalue weighted by Crippen LogP contribution is -2.23. The molecular weight excluding hydrogens is 238 g/mol. The van der Waals surface area contributed by atoms with Crippen molar-refractivity contribution >= 4 is 23.3 Å². The molecule has 1 rings (SSSR count). The van der Waals surface area contributed by atoms with Crippen LogP contribution in [0.4, 0.5) is 0 Å². The molecule has 3 nitrogen and oxygen atoms in total. The van der Waals surface area contributed by atoms with Gasteiger partial charge in [-0.15, -0.1) is 11.6 Å². The van der Waals surface area contributed by atoms with Gasteiger partial charge < -0.3 is 5.32 Å². The van der Waals surface area contributed by atoms with Crippen molar-refractivity contribution in [3.8, 4) is 0 Å². The average Bonchev–Trinajstić information content (AvgIpc) is 2.27. The number of benzene rings is 1. The van der Waals surface area contributed by atoms with Crippen molar-refractivity contribution < 1.29 is 9.59 Å². The van der Waals surface area contributed by atoms with Gasteiger partial charge in [0.25, 0.3) is 0 Å². The molecule has 0 aliphatic rings. The van der Waals surface area contributed by atoms with Gasteiger partial charge in [-0.25, -0.2) is 0 Å². The van der Waals surface area contributed by atoms with Crippen LogP contribution in [0.15, 0.2) is 24.3 Å². The maximum atomic E-state index is 11.6. The monoisotopic (exact) mass is 253 g/mol. The Kier molecular flexibility index (Phi) is 4.70. The van der Waals surface area contributed by atoms with Crippen molar-refractivity contribution in [1.29, 1.82) is 0 Å². The quantitative estimate of drug-likeness (QED) is 0.662. The summed E-state index contributed by atoms with van der Waals surface area (Å²) in [6.45, 7) is 5.02. The Bertz CT molecular complexity index is 412. The number of alkyl halides is 1. The minimum absolute atomic E-state index is 0.0647. The van der Waals surface area contributed by atoms with E-state index in [1.807, 2.05) is 19.1 Å². The van der Waals surface area contributed by atoms with E-state index in [4.69, 9.17) is 11.6 Å². The third kappa shape index (κ3) is 3.86. The number of halogens is 1. The van der Waals surface area contributed by atoms with Gasteiger partial charge in [-0.1, -0.05) is 24.3 Å². The van der Waals surface area contributed by atoms with Crippen molar-refractivity contribution in [2.75, 3.05) is 0 Å². The van der Waals surface area contributed by atoms with Crippen molar-refractivity contribution in [1.82, 2.24) is 5.32 Å². The molecule has 0 heterocycles. The zero-order valence-corrected chi connectivity index (χ0v) is 10.9. The Morgan fingerprint density at radius 2 is 1.71 bits per heavy atom. The summed E-state index contributed by atoms with van der Waals surface area (Å²) in [5.74, 6) is -0.169. The van der Waals surface area contributed by atoms with E-state index in [9.17, 15) is 9.59 Å². The van der Waals surface area contributed by atoms with Crippen LogP contribution < -0.4 is 5.32 Å². The van der Waals surface area contributed by atoms with Crippen LogP contribution in [0.5, 0.6) is 0 Å². The molecule has 17 heavy (non-hydrogen) atoms. The molecule has 92 valence electrons. The Morgan fingerprint density at radius 1 is 1.18 bits per heavy atom. The van der Waals surface area contributed by atoms with Gasteiger partial charge in [0.2, 0.25) is 5.91 Å². The van der Waals surface area contributed by atoms with Crippen LogP contribution in [0.3, 0.4) is 0 Å². The largest absolute Gasteiger partial charge is 0.350 e. The minimum atomic E-state index is -0.520. The first kappa shape index (κ1) is 13.7. The first-order valence-corrected chi connectivity index (χ1v) is 5.90. The minimum Gasteiger partial charge on any atom is -0.350 e. The molecule has 0 aliphatic carbocycles. The second kappa shape index (κ2) is 5.82.